The van der Waals surface area contributed by atoms with E-state index in [-0.39, 0.29) is 18.0 Å². The first-order chi connectivity index (χ1) is 12.0. The number of amides is 2. The van der Waals surface area contributed by atoms with Crippen molar-refractivity contribution >= 4 is 28.5 Å². The summed E-state index contributed by atoms with van der Waals surface area (Å²) in [5.41, 5.74) is 2.26. The second-order valence-corrected chi connectivity index (χ2v) is 6.75. The fourth-order valence-electron chi connectivity index (χ4n) is 3.68. The lowest BCUT2D eigenvalue weighted by atomic mass is 10.1. The van der Waals surface area contributed by atoms with Crippen molar-refractivity contribution < 1.29 is 9.59 Å². The molecular weight excluding hydrogens is 322 g/mol. The number of benzene rings is 1. The van der Waals surface area contributed by atoms with E-state index in [0.29, 0.717) is 12.5 Å². The van der Waals surface area contributed by atoms with Crippen LogP contribution in [0, 0.1) is 0 Å². The van der Waals surface area contributed by atoms with Gasteiger partial charge in [0.25, 0.3) is 0 Å². The van der Waals surface area contributed by atoms with Crippen molar-refractivity contribution in [1.29, 1.82) is 0 Å². The van der Waals surface area contributed by atoms with E-state index in [1.54, 1.807) is 11.6 Å². The van der Waals surface area contributed by atoms with E-state index in [0.717, 1.165) is 29.8 Å². The average Bonchev–Trinajstić information content (AvgIpc) is 2.78. The molecule has 0 radical (unpaired) electrons. The van der Waals surface area contributed by atoms with E-state index in [9.17, 15) is 14.4 Å². The zero-order valence-electron chi connectivity index (χ0n) is 14.3. The van der Waals surface area contributed by atoms with Crippen LogP contribution in [0.3, 0.4) is 0 Å². The highest BCUT2D eigenvalue weighted by atomic mass is 16.2. The monoisotopic (exact) mass is 343 g/mol. The summed E-state index contributed by atoms with van der Waals surface area (Å²) in [6.45, 7) is 1.82. The zero-order valence-corrected chi connectivity index (χ0v) is 14.3. The van der Waals surface area contributed by atoms with E-state index < -0.39 is 11.9 Å². The van der Waals surface area contributed by atoms with Crippen LogP contribution < -0.4 is 21.2 Å². The van der Waals surface area contributed by atoms with Crippen LogP contribution in [0.15, 0.2) is 23.0 Å². The minimum atomic E-state index is -0.653. The fourth-order valence-corrected chi connectivity index (χ4v) is 3.68. The van der Waals surface area contributed by atoms with Crippen molar-refractivity contribution in [1.82, 2.24) is 19.8 Å². The number of imide groups is 1. The van der Waals surface area contributed by atoms with Gasteiger partial charge in [-0.2, -0.15) is 0 Å². The molecule has 4 rings (SSSR count). The molecule has 1 unspecified atom stereocenters. The summed E-state index contributed by atoms with van der Waals surface area (Å²) in [6.07, 6.45) is 0.586. The van der Waals surface area contributed by atoms with E-state index >= 15 is 0 Å². The largest absolute Gasteiger partial charge is 0.367 e. The summed E-state index contributed by atoms with van der Waals surface area (Å²) in [6, 6.07) is 5.49. The highest BCUT2D eigenvalue weighted by Crippen LogP contribution is 2.30. The summed E-state index contributed by atoms with van der Waals surface area (Å²) in [7, 11) is 3.75. The Morgan fingerprint density at radius 3 is 2.60 bits per heavy atom. The number of hydrogen-bond donors (Lipinski definition) is 2. The molecule has 2 aromatic rings. The van der Waals surface area contributed by atoms with E-state index in [4.69, 9.17) is 0 Å². The van der Waals surface area contributed by atoms with Gasteiger partial charge in [-0.05, 0) is 18.6 Å². The molecule has 2 aliphatic rings. The van der Waals surface area contributed by atoms with Gasteiger partial charge in [-0.25, -0.2) is 4.79 Å². The van der Waals surface area contributed by atoms with Gasteiger partial charge in [0.15, 0.2) is 0 Å². The lowest BCUT2D eigenvalue weighted by Crippen LogP contribution is -2.56. The Labute approximate surface area is 144 Å². The van der Waals surface area contributed by atoms with Gasteiger partial charge in [0, 0.05) is 33.6 Å². The number of aryl methyl sites for hydroxylation is 1. The number of para-hydroxylation sites is 1. The second-order valence-electron chi connectivity index (χ2n) is 6.75. The molecule has 0 saturated carbocycles. The Morgan fingerprint density at radius 2 is 1.96 bits per heavy atom. The van der Waals surface area contributed by atoms with Crippen LogP contribution in [-0.4, -0.2) is 47.1 Å². The van der Waals surface area contributed by atoms with Gasteiger partial charge in [0.2, 0.25) is 11.8 Å². The number of fused-ring (bicyclic) bond motifs is 1. The molecule has 132 valence electrons. The maximum absolute atomic E-state index is 12.9. The molecule has 2 amide bonds. The molecule has 2 aliphatic heterocycles. The number of hydrogen-bond acceptors (Lipinski definition) is 5. The summed E-state index contributed by atoms with van der Waals surface area (Å²) in [5, 5.41) is 5.59. The van der Waals surface area contributed by atoms with E-state index in [2.05, 4.69) is 15.5 Å². The standard InChI is InChI=1S/C17H21N5O3/c1-20(10-8-18-9-10)11-4-3-5-12-15(11)21(2)17(25)22(12)13-6-7-14(23)19-16(13)24/h3-5,10,13,18H,6-9H2,1-2H3,(H,19,23,24). The molecule has 3 heterocycles. The lowest BCUT2D eigenvalue weighted by molar-refractivity contribution is -0.135. The topological polar surface area (TPSA) is 88.4 Å². The molecular formula is C17H21N5O3. The summed E-state index contributed by atoms with van der Waals surface area (Å²) >= 11 is 0. The van der Waals surface area contributed by atoms with Crippen molar-refractivity contribution in [3.8, 4) is 0 Å². The maximum Gasteiger partial charge on any atom is 0.329 e. The van der Waals surface area contributed by atoms with Gasteiger partial charge in [0.1, 0.15) is 6.04 Å². The van der Waals surface area contributed by atoms with Crippen LogP contribution in [0.4, 0.5) is 5.69 Å². The average molecular weight is 343 g/mol. The number of nitrogens with zero attached hydrogens (tertiary/aromatic N) is 3. The van der Waals surface area contributed by atoms with Gasteiger partial charge < -0.3 is 10.2 Å². The van der Waals surface area contributed by atoms with Crippen LogP contribution in [0.2, 0.25) is 0 Å². The molecule has 0 spiro atoms. The second kappa shape index (κ2) is 5.73. The number of anilines is 1. The smallest absolute Gasteiger partial charge is 0.329 e. The Bertz CT molecular complexity index is 924. The number of rotatable bonds is 3. The molecule has 0 bridgehead atoms. The molecule has 1 aromatic heterocycles. The number of carbonyl (C=O) groups is 2. The van der Waals surface area contributed by atoms with Gasteiger partial charge in [0.05, 0.1) is 22.8 Å². The summed E-state index contributed by atoms with van der Waals surface area (Å²) < 4.78 is 3.12. The molecule has 0 aliphatic carbocycles. The molecule has 25 heavy (non-hydrogen) atoms. The fraction of sp³-hybridized carbons (Fsp3) is 0.471. The van der Waals surface area contributed by atoms with E-state index in [1.807, 2.05) is 25.2 Å². The first kappa shape index (κ1) is 15.9. The molecule has 1 aromatic carbocycles. The third-order valence-electron chi connectivity index (χ3n) is 5.29. The predicted molar refractivity (Wildman–Crippen MR) is 93.7 cm³/mol. The third-order valence-corrected chi connectivity index (χ3v) is 5.29. The number of aromatic nitrogens is 2. The minimum absolute atomic E-state index is 0.239. The van der Waals surface area contributed by atoms with Crippen LogP contribution in [0.25, 0.3) is 11.0 Å². The van der Waals surface area contributed by atoms with Crippen LogP contribution >= 0.6 is 0 Å². The van der Waals surface area contributed by atoms with Crippen molar-refractivity contribution in [2.45, 2.75) is 24.9 Å². The van der Waals surface area contributed by atoms with Crippen molar-refractivity contribution in [2.75, 3.05) is 25.0 Å². The predicted octanol–water partition coefficient (Wildman–Crippen LogP) is -0.274. The number of carbonyl (C=O) groups excluding carboxylic acids is 2. The van der Waals surface area contributed by atoms with Gasteiger partial charge in [-0.1, -0.05) is 6.07 Å². The quantitative estimate of drug-likeness (QED) is 0.749. The van der Waals surface area contributed by atoms with Crippen molar-refractivity contribution in [3.05, 3.63) is 28.7 Å². The zero-order chi connectivity index (χ0) is 17.7. The Morgan fingerprint density at radius 1 is 1.20 bits per heavy atom. The highest BCUT2D eigenvalue weighted by Gasteiger charge is 2.32. The Balaban J connectivity index is 1.86. The molecule has 2 N–H and O–H groups in total. The van der Waals surface area contributed by atoms with Gasteiger partial charge in [-0.3, -0.25) is 24.0 Å². The first-order valence-electron chi connectivity index (χ1n) is 8.46. The van der Waals surface area contributed by atoms with Crippen LogP contribution in [-0.2, 0) is 16.6 Å². The van der Waals surface area contributed by atoms with Crippen molar-refractivity contribution in [2.24, 2.45) is 7.05 Å². The Hall–Kier alpha value is -2.61. The first-order valence-corrected chi connectivity index (χ1v) is 8.46. The Kier molecular flexibility index (Phi) is 3.64. The summed E-state index contributed by atoms with van der Waals surface area (Å²) in [5.74, 6) is -0.694. The number of piperidine rings is 1. The number of imidazole rings is 1. The summed E-state index contributed by atoms with van der Waals surface area (Å²) in [4.78, 5) is 38.7. The molecule has 2 fully saturated rings. The number of likely N-dealkylation sites (N-methyl/N-ethyl adjacent to an activating group) is 1. The molecule has 8 nitrogen and oxygen atoms in total. The third kappa shape index (κ3) is 2.36. The van der Waals surface area contributed by atoms with Crippen molar-refractivity contribution in [3.63, 3.8) is 0 Å². The molecule has 2 saturated heterocycles. The highest BCUT2D eigenvalue weighted by molar-refractivity contribution is 6.00. The molecule has 8 heteroatoms. The number of nitrogens with one attached hydrogen (secondary N) is 2. The maximum atomic E-state index is 12.9. The van der Waals surface area contributed by atoms with Gasteiger partial charge in [-0.15, -0.1) is 0 Å². The molecule has 1 atom stereocenters. The SMILES string of the molecule is CN(c1cccc2c1n(C)c(=O)n2C1CCC(=O)NC1=O)C1CNC1. The lowest BCUT2D eigenvalue weighted by Gasteiger charge is -2.37. The van der Waals surface area contributed by atoms with Crippen LogP contribution in [0.1, 0.15) is 18.9 Å². The van der Waals surface area contributed by atoms with E-state index in [1.165, 1.54) is 4.57 Å². The minimum Gasteiger partial charge on any atom is -0.367 e. The van der Waals surface area contributed by atoms with Gasteiger partial charge >= 0.3 is 5.69 Å². The van der Waals surface area contributed by atoms with Crippen LogP contribution in [0.5, 0.6) is 0 Å². The normalized spacial score (nSPS) is 21.3.